The summed E-state index contributed by atoms with van der Waals surface area (Å²) in [6.07, 6.45) is 11.9. The molecule has 2 aliphatic heterocycles. The first kappa shape index (κ1) is 14.8. The highest BCUT2D eigenvalue weighted by Gasteiger charge is 2.42. The Morgan fingerprint density at radius 2 is 1.85 bits per heavy atom. The van der Waals surface area contributed by atoms with Gasteiger partial charge in [0, 0.05) is 18.7 Å². The molecule has 2 heterocycles. The summed E-state index contributed by atoms with van der Waals surface area (Å²) in [4.78, 5) is 2.86. The fourth-order valence-electron chi connectivity index (χ4n) is 4.71. The van der Waals surface area contributed by atoms with Crippen LogP contribution in [-0.2, 0) is 4.74 Å². The number of ether oxygens (including phenoxy) is 1. The highest BCUT2D eigenvalue weighted by atomic mass is 16.5. The highest BCUT2D eigenvalue weighted by Crippen LogP contribution is 2.41. The summed E-state index contributed by atoms with van der Waals surface area (Å²) < 4.78 is 6.23. The molecule has 0 aromatic heterocycles. The van der Waals surface area contributed by atoms with E-state index < -0.39 is 0 Å². The van der Waals surface area contributed by atoms with Crippen LogP contribution in [0.2, 0.25) is 0 Å². The van der Waals surface area contributed by atoms with Gasteiger partial charge in [-0.3, -0.25) is 4.90 Å². The van der Waals surface area contributed by atoms with Gasteiger partial charge in [-0.2, -0.15) is 0 Å². The van der Waals surface area contributed by atoms with Crippen LogP contribution in [0, 0.1) is 0 Å². The molecule has 1 spiro atoms. The maximum absolute atomic E-state index is 6.23. The van der Waals surface area contributed by atoms with E-state index in [2.05, 4.69) is 17.1 Å². The molecule has 0 aromatic carbocycles. The molecule has 3 rings (SSSR count). The number of piperidine rings is 1. The van der Waals surface area contributed by atoms with Crippen molar-refractivity contribution in [3.63, 3.8) is 0 Å². The minimum Gasteiger partial charge on any atom is -0.375 e. The first-order chi connectivity index (χ1) is 9.83. The van der Waals surface area contributed by atoms with Gasteiger partial charge in [0.2, 0.25) is 0 Å². The second-order valence-electron chi connectivity index (χ2n) is 7.10. The average Bonchev–Trinajstić information content (AvgIpc) is 2.93. The number of hydrogen-bond acceptors (Lipinski definition) is 3. The maximum Gasteiger partial charge on any atom is 0.0697 e. The standard InChI is InChI=1S/C17H32N2O/c1-2-12-19(15-5-10-18-11-6-15)16-7-13-20-17(14-16)8-3-4-9-17/h15-16,18H,2-14H2,1H3. The summed E-state index contributed by atoms with van der Waals surface area (Å²) in [7, 11) is 0. The molecule has 0 bridgehead atoms. The molecule has 20 heavy (non-hydrogen) atoms. The second-order valence-corrected chi connectivity index (χ2v) is 7.10. The lowest BCUT2D eigenvalue weighted by Gasteiger charge is -2.46. The largest absolute Gasteiger partial charge is 0.375 e. The van der Waals surface area contributed by atoms with Crippen LogP contribution in [0.4, 0.5) is 0 Å². The van der Waals surface area contributed by atoms with Gasteiger partial charge in [-0.1, -0.05) is 19.8 Å². The van der Waals surface area contributed by atoms with Gasteiger partial charge >= 0.3 is 0 Å². The Balaban J connectivity index is 1.66. The fraction of sp³-hybridized carbons (Fsp3) is 1.00. The van der Waals surface area contributed by atoms with Gasteiger partial charge in [0.15, 0.2) is 0 Å². The van der Waals surface area contributed by atoms with Crippen LogP contribution < -0.4 is 5.32 Å². The molecule has 3 aliphatic rings. The SMILES string of the molecule is CCCN(C1CCNCC1)C1CCOC2(CCCC2)C1. The summed E-state index contributed by atoms with van der Waals surface area (Å²) in [5.41, 5.74) is 0.266. The quantitative estimate of drug-likeness (QED) is 0.857. The van der Waals surface area contributed by atoms with Gasteiger partial charge in [-0.15, -0.1) is 0 Å². The Morgan fingerprint density at radius 1 is 1.10 bits per heavy atom. The minimum atomic E-state index is 0.266. The number of rotatable bonds is 4. The Bertz CT molecular complexity index is 295. The summed E-state index contributed by atoms with van der Waals surface area (Å²) in [5.74, 6) is 0. The first-order valence-corrected chi connectivity index (χ1v) is 8.93. The summed E-state index contributed by atoms with van der Waals surface area (Å²) in [6, 6.07) is 1.60. The van der Waals surface area contributed by atoms with Gasteiger partial charge in [0.1, 0.15) is 0 Å². The van der Waals surface area contributed by atoms with E-state index in [-0.39, 0.29) is 5.60 Å². The van der Waals surface area contributed by atoms with Crippen molar-refractivity contribution in [1.29, 1.82) is 0 Å². The van der Waals surface area contributed by atoms with Crippen LogP contribution in [0.5, 0.6) is 0 Å². The first-order valence-electron chi connectivity index (χ1n) is 8.93. The highest BCUT2D eigenvalue weighted by molar-refractivity contribution is 4.95. The zero-order valence-corrected chi connectivity index (χ0v) is 13.2. The van der Waals surface area contributed by atoms with Crippen molar-refractivity contribution in [2.45, 2.75) is 82.4 Å². The van der Waals surface area contributed by atoms with Crippen molar-refractivity contribution >= 4 is 0 Å². The summed E-state index contributed by atoms with van der Waals surface area (Å²) >= 11 is 0. The van der Waals surface area contributed by atoms with E-state index in [0.29, 0.717) is 0 Å². The van der Waals surface area contributed by atoms with E-state index in [4.69, 9.17) is 4.74 Å². The van der Waals surface area contributed by atoms with E-state index in [9.17, 15) is 0 Å². The maximum atomic E-state index is 6.23. The molecule has 0 aromatic rings. The predicted octanol–water partition coefficient (Wildman–Crippen LogP) is 2.94. The molecule has 0 radical (unpaired) electrons. The van der Waals surface area contributed by atoms with Crippen LogP contribution in [0.15, 0.2) is 0 Å². The van der Waals surface area contributed by atoms with Gasteiger partial charge in [-0.05, 0) is 64.6 Å². The molecule has 3 fully saturated rings. The van der Waals surface area contributed by atoms with Crippen LogP contribution in [-0.4, -0.2) is 48.8 Å². The Labute approximate surface area is 124 Å². The molecule has 1 atom stereocenters. The zero-order valence-electron chi connectivity index (χ0n) is 13.2. The van der Waals surface area contributed by atoms with Gasteiger partial charge < -0.3 is 10.1 Å². The second kappa shape index (κ2) is 6.76. The lowest BCUT2D eigenvalue weighted by molar-refractivity contribution is -0.108. The van der Waals surface area contributed by atoms with Crippen molar-refractivity contribution in [2.75, 3.05) is 26.2 Å². The van der Waals surface area contributed by atoms with Crippen molar-refractivity contribution in [2.24, 2.45) is 0 Å². The van der Waals surface area contributed by atoms with E-state index in [0.717, 1.165) is 18.7 Å². The van der Waals surface area contributed by atoms with Gasteiger partial charge in [0.05, 0.1) is 5.60 Å². The monoisotopic (exact) mass is 280 g/mol. The molecular formula is C17H32N2O. The molecule has 0 amide bonds. The minimum absolute atomic E-state index is 0.266. The Morgan fingerprint density at radius 3 is 2.55 bits per heavy atom. The Hall–Kier alpha value is -0.120. The van der Waals surface area contributed by atoms with Crippen LogP contribution in [0.3, 0.4) is 0 Å². The number of nitrogens with one attached hydrogen (secondary N) is 1. The fourth-order valence-corrected chi connectivity index (χ4v) is 4.71. The van der Waals surface area contributed by atoms with Crippen LogP contribution >= 0.6 is 0 Å². The summed E-state index contributed by atoms with van der Waals surface area (Å²) in [5, 5.41) is 3.51. The lowest BCUT2D eigenvalue weighted by Crippen LogP contribution is -2.53. The third-order valence-electron chi connectivity index (χ3n) is 5.71. The van der Waals surface area contributed by atoms with E-state index in [1.807, 2.05) is 0 Å². The molecule has 1 unspecified atom stereocenters. The lowest BCUT2D eigenvalue weighted by atomic mass is 9.86. The molecular weight excluding hydrogens is 248 g/mol. The normalized spacial score (nSPS) is 31.2. The molecule has 1 aliphatic carbocycles. The smallest absolute Gasteiger partial charge is 0.0697 e. The topological polar surface area (TPSA) is 24.5 Å². The molecule has 3 heteroatoms. The van der Waals surface area contributed by atoms with Gasteiger partial charge in [-0.25, -0.2) is 0 Å². The van der Waals surface area contributed by atoms with E-state index in [1.165, 1.54) is 77.4 Å². The van der Waals surface area contributed by atoms with Gasteiger partial charge in [0.25, 0.3) is 0 Å². The van der Waals surface area contributed by atoms with E-state index >= 15 is 0 Å². The molecule has 3 nitrogen and oxygen atoms in total. The average molecular weight is 280 g/mol. The third-order valence-corrected chi connectivity index (χ3v) is 5.71. The predicted molar refractivity (Wildman–Crippen MR) is 83.1 cm³/mol. The third kappa shape index (κ3) is 3.20. The number of hydrogen-bond donors (Lipinski definition) is 1. The molecule has 1 N–H and O–H groups in total. The van der Waals surface area contributed by atoms with Crippen molar-refractivity contribution in [3.8, 4) is 0 Å². The molecule has 2 saturated heterocycles. The van der Waals surface area contributed by atoms with Crippen LogP contribution in [0.25, 0.3) is 0 Å². The van der Waals surface area contributed by atoms with Crippen molar-refractivity contribution < 1.29 is 4.74 Å². The Kier molecular flexibility index (Phi) is 5.00. The summed E-state index contributed by atoms with van der Waals surface area (Å²) in [6.45, 7) is 7.03. The zero-order chi connectivity index (χ0) is 13.8. The van der Waals surface area contributed by atoms with Crippen molar-refractivity contribution in [3.05, 3.63) is 0 Å². The van der Waals surface area contributed by atoms with Crippen molar-refractivity contribution in [1.82, 2.24) is 10.2 Å². The molecule has 116 valence electrons. The van der Waals surface area contributed by atoms with E-state index in [1.54, 1.807) is 0 Å². The molecule has 1 saturated carbocycles. The van der Waals surface area contributed by atoms with Crippen LogP contribution in [0.1, 0.15) is 64.7 Å². The number of nitrogens with zero attached hydrogens (tertiary/aromatic N) is 1.